The van der Waals surface area contributed by atoms with E-state index in [1.54, 1.807) is 25.3 Å². The van der Waals surface area contributed by atoms with Crippen molar-refractivity contribution in [3.63, 3.8) is 0 Å². The molecule has 0 saturated carbocycles. The van der Waals surface area contributed by atoms with Crippen molar-refractivity contribution >= 4 is 17.7 Å². The number of hydrogen-bond donors (Lipinski definition) is 2. The zero-order valence-electron chi connectivity index (χ0n) is 10.9. The molecule has 0 spiro atoms. The second-order valence-corrected chi connectivity index (χ2v) is 5.29. The molecule has 2 rings (SSSR count). The van der Waals surface area contributed by atoms with Crippen LogP contribution in [0.25, 0.3) is 0 Å². The van der Waals surface area contributed by atoms with Gasteiger partial charge in [0.1, 0.15) is 11.5 Å². The van der Waals surface area contributed by atoms with Crippen molar-refractivity contribution < 1.29 is 19.7 Å². The Morgan fingerprint density at radius 3 is 2.35 bits per heavy atom. The molecule has 0 bridgehead atoms. The van der Waals surface area contributed by atoms with E-state index >= 15 is 0 Å². The van der Waals surface area contributed by atoms with Crippen LogP contribution in [0.2, 0.25) is 0 Å². The van der Waals surface area contributed by atoms with Crippen molar-refractivity contribution in [3.8, 4) is 11.5 Å². The Hall–Kier alpha value is -2.14. The van der Waals surface area contributed by atoms with Gasteiger partial charge in [0.2, 0.25) is 0 Å². The van der Waals surface area contributed by atoms with E-state index in [1.807, 2.05) is 24.3 Å². The van der Waals surface area contributed by atoms with Gasteiger partial charge in [-0.2, -0.15) is 0 Å². The predicted octanol–water partition coefficient (Wildman–Crippen LogP) is 3.18. The van der Waals surface area contributed by atoms with Gasteiger partial charge in [-0.15, -0.1) is 0 Å². The van der Waals surface area contributed by atoms with Gasteiger partial charge < -0.3 is 14.9 Å². The molecule has 0 radical (unpaired) electrons. The van der Waals surface area contributed by atoms with Crippen LogP contribution in [-0.2, 0) is 11.2 Å². The topological polar surface area (TPSA) is 66.8 Å². The van der Waals surface area contributed by atoms with Gasteiger partial charge in [0.15, 0.2) is 0 Å². The first kappa shape index (κ1) is 14.3. The quantitative estimate of drug-likeness (QED) is 0.885. The Balaban J connectivity index is 2.13. The number of aromatic hydroxyl groups is 1. The van der Waals surface area contributed by atoms with Gasteiger partial charge in [-0.1, -0.05) is 17.8 Å². The third-order valence-electron chi connectivity index (χ3n) is 2.69. The number of ether oxygens (including phenoxy) is 1. The van der Waals surface area contributed by atoms with Crippen molar-refractivity contribution in [2.75, 3.05) is 7.11 Å². The SMILES string of the molecule is COc1ccc(Sc2ccc(CC(=O)O)c(O)c2)cc1. The molecule has 0 aliphatic heterocycles. The number of carboxylic acids is 1. The molecule has 0 saturated heterocycles. The minimum absolute atomic E-state index is 0.00547. The third kappa shape index (κ3) is 3.68. The van der Waals surface area contributed by atoms with Crippen LogP contribution in [0, 0.1) is 0 Å². The molecule has 2 N–H and O–H groups in total. The Morgan fingerprint density at radius 1 is 1.15 bits per heavy atom. The van der Waals surface area contributed by atoms with Crippen LogP contribution >= 0.6 is 11.8 Å². The number of benzene rings is 2. The van der Waals surface area contributed by atoms with Gasteiger partial charge >= 0.3 is 5.97 Å². The molecule has 0 heterocycles. The van der Waals surface area contributed by atoms with Crippen LogP contribution in [0.3, 0.4) is 0 Å². The predicted molar refractivity (Wildman–Crippen MR) is 76.6 cm³/mol. The Bertz CT molecular complexity index is 608. The van der Waals surface area contributed by atoms with E-state index in [2.05, 4.69) is 0 Å². The lowest BCUT2D eigenvalue weighted by molar-refractivity contribution is -0.136. The number of rotatable bonds is 5. The standard InChI is InChI=1S/C15H14O4S/c1-19-11-3-6-12(7-4-11)20-13-5-2-10(8-15(17)18)14(16)9-13/h2-7,9,16H,8H2,1H3,(H,17,18). The van der Waals surface area contributed by atoms with Gasteiger partial charge in [0.05, 0.1) is 13.5 Å². The number of phenols is 1. The summed E-state index contributed by atoms with van der Waals surface area (Å²) in [6.07, 6.45) is -0.181. The molecule has 4 nitrogen and oxygen atoms in total. The van der Waals surface area contributed by atoms with Crippen molar-refractivity contribution in [2.24, 2.45) is 0 Å². The first-order valence-corrected chi connectivity index (χ1v) is 6.75. The summed E-state index contributed by atoms with van der Waals surface area (Å²) in [5.74, 6) is -0.171. The van der Waals surface area contributed by atoms with E-state index in [-0.39, 0.29) is 12.2 Å². The molecule has 0 aromatic heterocycles. The lowest BCUT2D eigenvalue weighted by atomic mass is 10.1. The summed E-state index contributed by atoms with van der Waals surface area (Å²) < 4.78 is 5.09. The van der Waals surface area contributed by atoms with Gasteiger partial charge in [-0.25, -0.2) is 0 Å². The zero-order valence-corrected chi connectivity index (χ0v) is 11.7. The zero-order chi connectivity index (χ0) is 14.5. The average Bonchev–Trinajstić information content (AvgIpc) is 2.42. The van der Waals surface area contributed by atoms with E-state index in [0.29, 0.717) is 5.56 Å². The maximum atomic E-state index is 10.6. The number of carboxylic acid groups (broad SMARTS) is 1. The van der Waals surface area contributed by atoms with Gasteiger partial charge in [0.25, 0.3) is 0 Å². The van der Waals surface area contributed by atoms with Crippen molar-refractivity contribution in [3.05, 3.63) is 48.0 Å². The first-order valence-electron chi connectivity index (χ1n) is 5.94. The summed E-state index contributed by atoms with van der Waals surface area (Å²) in [5, 5.41) is 18.5. The van der Waals surface area contributed by atoms with Crippen LogP contribution < -0.4 is 4.74 Å². The molecule has 5 heteroatoms. The van der Waals surface area contributed by atoms with Crippen molar-refractivity contribution in [1.29, 1.82) is 0 Å². The summed E-state index contributed by atoms with van der Waals surface area (Å²) in [5.41, 5.74) is 0.414. The third-order valence-corrected chi connectivity index (χ3v) is 3.69. The molecule has 0 unspecified atom stereocenters. The van der Waals surface area contributed by atoms with Crippen LogP contribution in [0.15, 0.2) is 52.3 Å². The molecule has 0 aliphatic rings. The van der Waals surface area contributed by atoms with Gasteiger partial charge in [-0.3, -0.25) is 4.79 Å². The molecule has 0 fully saturated rings. The molecular formula is C15H14O4S. The van der Waals surface area contributed by atoms with E-state index in [4.69, 9.17) is 9.84 Å². The number of phenolic OH excluding ortho intramolecular Hbond substituents is 1. The molecule has 0 amide bonds. The van der Waals surface area contributed by atoms with E-state index in [9.17, 15) is 9.90 Å². The minimum atomic E-state index is -0.962. The van der Waals surface area contributed by atoms with Crippen molar-refractivity contribution in [1.82, 2.24) is 0 Å². The number of hydrogen-bond acceptors (Lipinski definition) is 4. The molecule has 104 valence electrons. The molecule has 2 aromatic rings. The van der Waals surface area contributed by atoms with E-state index in [0.717, 1.165) is 15.5 Å². The summed E-state index contributed by atoms with van der Waals surface area (Å²) in [4.78, 5) is 12.5. The van der Waals surface area contributed by atoms with Crippen LogP contribution in [0.4, 0.5) is 0 Å². The van der Waals surface area contributed by atoms with Crippen molar-refractivity contribution in [2.45, 2.75) is 16.2 Å². The highest BCUT2D eigenvalue weighted by atomic mass is 32.2. The summed E-state index contributed by atoms with van der Waals surface area (Å²) >= 11 is 1.49. The van der Waals surface area contributed by atoms with Gasteiger partial charge in [-0.05, 0) is 36.4 Å². The maximum absolute atomic E-state index is 10.6. The van der Waals surface area contributed by atoms with Gasteiger partial charge in [0, 0.05) is 15.4 Å². The molecule has 0 aliphatic carbocycles. The monoisotopic (exact) mass is 290 g/mol. The first-order chi connectivity index (χ1) is 9.58. The maximum Gasteiger partial charge on any atom is 0.307 e. The molecule has 2 aromatic carbocycles. The number of aliphatic carboxylic acids is 1. The summed E-state index contributed by atoms with van der Waals surface area (Å²) in [7, 11) is 1.61. The second-order valence-electron chi connectivity index (χ2n) is 4.14. The fourth-order valence-electron chi connectivity index (χ4n) is 1.70. The Morgan fingerprint density at radius 2 is 1.80 bits per heavy atom. The minimum Gasteiger partial charge on any atom is -0.508 e. The molecule has 20 heavy (non-hydrogen) atoms. The summed E-state index contributed by atoms with van der Waals surface area (Å²) in [6.45, 7) is 0. The number of carbonyl (C=O) groups is 1. The fourth-order valence-corrected chi connectivity index (χ4v) is 2.55. The molecular weight excluding hydrogens is 276 g/mol. The smallest absolute Gasteiger partial charge is 0.307 e. The Kier molecular flexibility index (Phi) is 4.53. The largest absolute Gasteiger partial charge is 0.508 e. The summed E-state index contributed by atoms with van der Waals surface area (Å²) in [6, 6.07) is 12.6. The van der Waals surface area contributed by atoms with E-state index < -0.39 is 5.97 Å². The normalized spacial score (nSPS) is 10.2. The number of methoxy groups -OCH3 is 1. The highest BCUT2D eigenvalue weighted by Crippen LogP contribution is 2.32. The highest BCUT2D eigenvalue weighted by molar-refractivity contribution is 7.99. The average molecular weight is 290 g/mol. The van der Waals surface area contributed by atoms with Crippen LogP contribution in [0.1, 0.15) is 5.56 Å². The van der Waals surface area contributed by atoms with E-state index in [1.165, 1.54) is 11.8 Å². The highest BCUT2D eigenvalue weighted by Gasteiger charge is 2.07. The van der Waals surface area contributed by atoms with Crippen LogP contribution in [0.5, 0.6) is 11.5 Å². The fraction of sp³-hybridized carbons (Fsp3) is 0.133. The Labute approximate surface area is 121 Å². The second kappa shape index (κ2) is 6.34. The van der Waals surface area contributed by atoms with Crippen LogP contribution in [-0.4, -0.2) is 23.3 Å². The lowest BCUT2D eigenvalue weighted by Crippen LogP contribution is -2.00. The molecule has 0 atom stereocenters. The lowest BCUT2D eigenvalue weighted by Gasteiger charge is -2.06.